The largest absolute Gasteiger partial charge is 0.493 e. The van der Waals surface area contributed by atoms with Crippen LogP contribution in [-0.4, -0.2) is 23.3 Å². The number of carboxylic acids is 1. The number of halogens is 1. The summed E-state index contributed by atoms with van der Waals surface area (Å²) < 4.78 is 15.4. The lowest BCUT2D eigenvalue weighted by atomic mass is 10.2. The normalized spacial score (nSPS) is 10.2. The van der Waals surface area contributed by atoms with Crippen molar-refractivity contribution < 1.29 is 23.9 Å². The predicted molar refractivity (Wildman–Crippen MR) is 65.8 cm³/mol. The van der Waals surface area contributed by atoms with E-state index in [9.17, 15) is 4.79 Å². The number of hydrogen-bond acceptors (Lipinski definition) is 5. The molecule has 0 saturated heterocycles. The van der Waals surface area contributed by atoms with Crippen LogP contribution in [0.5, 0.6) is 11.5 Å². The van der Waals surface area contributed by atoms with Crippen LogP contribution in [0.1, 0.15) is 16.1 Å². The summed E-state index contributed by atoms with van der Waals surface area (Å²) in [6, 6.07) is 4.38. The molecule has 19 heavy (non-hydrogen) atoms. The summed E-state index contributed by atoms with van der Waals surface area (Å²) in [4.78, 5) is 11.2. The van der Waals surface area contributed by atoms with Crippen molar-refractivity contribution >= 4 is 17.6 Å². The molecule has 0 unspecified atom stereocenters. The van der Waals surface area contributed by atoms with Gasteiger partial charge in [0.25, 0.3) is 0 Å². The predicted octanol–water partition coefficient (Wildman–Crippen LogP) is 2.61. The first-order valence-electron chi connectivity index (χ1n) is 5.25. The fourth-order valence-electron chi connectivity index (χ4n) is 1.49. The van der Waals surface area contributed by atoms with E-state index in [-0.39, 0.29) is 28.7 Å². The Morgan fingerprint density at radius 2 is 2.32 bits per heavy atom. The molecule has 0 amide bonds. The van der Waals surface area contributed by atoms with E-state index in [0.717, 1.165) is 0 Å². The number of methoxy groups -OCH3 is 1. The smallest absolute Gasteiger partial charge is 0.339 e. The van der Waals surface area contributed by atoms with Crippen molar-refractivity contribution in [2.24, 2.45) is 0 Å². The zero-order chi connectivity index (χ0) is 13.8. The number of aromatic carboxylic acids is 1. The molecule has 1 heterocycles. The highest BCUT2D eigenvalue weighted by atomic mass is 35.5. The van der Waals surface area contributed by atoms with Crippen LogP contribution in [-0.2, 0) is 6.61 Å². The van der Waals surface area contributed by atoms with Gasteiger partial charge in [-0.1, -0.05) is 16.8 Å². The molecule has 1 N–H and O–H groups in total. The third-order valence-electron chi connectivity index (χ3n) is 2.32. The highest BCUT2D eigenvalue weighted by Gasteiger charge is 2.18. The zero-order valence-electron chi connectivity index (χ0n) is 9.92. The Balaban J connectivity index is 2.33. The average Bonchev–Trinajstić information content (AvgIpc) is 2.89. The summed E-state index contributed by atoms with van der Waals surface area (Å²) >= 11 is 5.82. The van der Waals surface area contributed by atoms with Gasteiger partial charge in [-0.3, -0.25) is 0 Å². The Hall–Kier alpha value is -2.21. The lowest BCUT2D eigenvalue weighted by Gasteiger charge is -2.12. The van der Waals surface area contributed by atoms with Crippen molar-refractivity contribution in [3.63, 3.8) is 0 Å². The van der Waals surface area contributed by atoms with Crippen molar-refractivity contribution in [3.05, 3.63) is 40.7 Å². The van der Waals surface area contributed by atoms with Crippen LogP contribution in [0.25, 0.3) is 0 Å². The van der Waals surface area contributed by atoms with Gasteiger partial charge in [0.05, 0.1) is 13.3 Å². The standard InChI is InChI=1S/C12H10ClNO5/c1-17-10-5-7(13)4-9(12(15)16)11(10)18-6-8-2-3-14-19-8/h2-5H,6H2,1H3,(H,15,16). The first kappa shape index (κ1) is 13.2. The molecular formula is C12H10ClNO5. The molecule has 0 atom stereocenters. The zero-order valence-corrected chi connectivity index (χ0v) is 10.7. The highest BCUT2D eigenvalue weighted by Crippen LogP contribution is 2.35. The van der Waals surface area contributed by atoms with Crippen molar-refractivity contribution in [1.82, 2.24) is 5.16 Å². The Bertz CT molecular complexity index is 582. The minimum atomic E-state index is -1.16. The first-order valence-corrected chi connectivity index (χ1v) is 5.63. The molecule has 0 spiro atoms. The van der Waals surface area contributed by atoms with Crippen LogP contribution in [0.2, 0.25) is 5.02 Å². The van der Waals surface area contributed by atoms with E-state index < -0.39 is 5.97 Å². The second-order valence-electron chi connectivity index (χ2n) is 3.56. The molecule has 7 heteroatoms. The Labute approximate surface area is 113 Å². The van der Waals surface area contributed by atoms with E-state index >= 15 is 0 Å². The third kappa shape index (κ3) is 2.97. The molecule has 1 aromatic heterocycles. The maximum absolute atomic E-state index is 11.2. The fraction of sp³-hybridized carbons (Fsp3) is 0.167. The van der Waals surface area contributed by atoms with Crippen LogP contribution in [0.15, 0.2) is 28.9 Å². The molecule has 0 aliphatic rings. The minimum absolute atomic E-state index is 0.0400. The van der Waals surface area contributed by atoms with E-state index in [1.807, 2.05) is 0 Å². The molecular weight excluding hydrogens is 274 g/mol. The van der Waals surface area contributed by atoms with Gasteiger partial charge in [-0.05, 0) is 6.07 Å². The van der Waals surface area contributed by atoms with Gasteiger partial charge < -0.3 is 19.1 Å². The maximum atomic E-state index is 11.2. The number of hydrogen-bond donors (Lipinski definition) is 1. The second kappa shape index (κ2) is 5.62. The second-order valence-corrected chi connectivity index (χ2v) is 3.99. The van der Waals surface area contributed by atoms with Gasteiger partial charge in [-0.2, -0.15) is 0 Å². The van der Waals surface area contributed by atoms with Gasteiger partial charge in [-0.25, -0.2) is 4.79 Å². The molecule has 0 saturated carbocycles. The number of carbonyl (C=O) groups is 1. The Morgan fingerprint density at radius 1 is 1.53 bits per heavy atom. The van der Waals surface area contributed by atoms with Crippen LogP contribution in [0.3, 0.4) is 0 Å². The first-order chi connectivity index (χ1) is 9.11. The molecule has 2 aromatic rings. The summed E-state index contributed by atoms with van der Waals surface area (Å²) in [5.41, 5.74) is -0.0798. The molecule has 0 radical (unpaired) electrons. The molecule has 0 aliphatic heterocycles. The Kier molecular flexibility index (Phi) is 3.91. The number of aromatic nitrogens is 1. The maximum Gasteiger partial charge on any atom is 0.339 e. The SMILES string of the molecule is COc1cc(Cl)cc(C(=O)O)c1OCc1ccno1. The van der Waals surface area contributed by atoms with Crippen molar-refractivity contribution in [2.75, 3.05) is 7.11 Å². The van der Waals surface area contributed by atoms with Crippen molar-refractivity contribution in [3.8, 4) is 11.5 Å². The Morgan fingerprint density at radius 3 is 2.89 bits per heavy atom. The number of benzene rings is 1. The van der Waals surface area contributed by atoms with Gasteiger partial charge in [0, 0.05) is 17.2 Å². The van der Waals surface area contributed by atoms with E-state index in [1.165, 1.54) is 25.4 Å². The topological polar surface area (TPSA) is 81.8 Å². The minimum Gasteiger partial charge on any atom is -0.493 e. The number of rotatable bonds is 5. The van der Waals surface area contributed by atoms with Gasteiger partial charge in [-0.15, -0.1) is 0 Å². The molecule has 0 fully saturated rings. The molecule has 100 valence electrons. The van der Waals surface area contributed by atoms with Gasteiger partial charge >= 0.3 is 5.97 Å². The van der Waals surface area contributed by atoms with Gasteiger partial charge in [0.1, 0.15) is 12.2 Å². The van der Waals surface area contributed by atoms with Crippen LogP contribution in [0, 0.1) is 0 Å². The van der Waals surface area contributed by atoms with Crippen LogP contribution < -0.4 is 9.47 Å². The third-order valence-corrected chi connectivity index (χ3v) is 2.54. The number of nitrogens with zero attached hydrogens (tertiary/aromatic N) is 1. The van der Waals surface area contributed by atoms with Gasteiger partial charge in [0.2, 0.25) is 0 Å². The van der Waals surface area contributed by atoms with Crippen molar-refractivity contribution in [1.29, 1.82) is 0 Å². The van der Waals surface area contributed by atoms with E-state index in [0.29, 0.717) is 5.76 Å². The van der Waals surface area contributed by atoms with E-state index in [4.69, 9.17) is 30.7 Å². The monoisotopic (exact) mass is 283 g/mol. The summed E-state index contributed by atoms with van der Waals surface area (Å²) in [5, 5.41) is 12.9. The number of ether oxygens (including phenoxy) is 2. The highest BCUT2D eigenvalue weighted by molar-refractivity contribution is 6.31. The van der Waals surface area contributed by atoms with Crippen LogP contribution >= 0.6 is 11.6 Å². The number of carboxylic acid groups (broad SMARTS) is 1. The molecule has 1 aromatic carbocycles. The average molecular weight is 284 g/mol. The molecule has 0 aliphatic carbocycles. The van der Waals surface area contributed by atoms with E-state index in [1.54, 1.807) is 6.07 Å². The van der Waals surface area contributed by atoms with Crippen LogP contribution in [0.4, 0.5) is 0 Å². The summed E-state index contributed by atoms with van der Waals surface area (Å²) in [6.45, 7) is 0.0400. The lowest BCUT2D eigenvalue weighted by Crippen LogP contribution is -2.05. The quantitative estimate of drug-likeness (QED) is 0.908. The van der Waals surface area contributed by atoms with Gasteiger partial charge in [0.15, 0.2) is 17.3 Å². The summed E-state index contributed by atoms with van der Waals surface area (Å²) in [6.07, 6.45) is 1.47. The molecule has 0 bridgehead atoms. The van der Waals surface area contributed by atoms with Crippen molar-refractivity contribution in [2.45, 2.75) is 6.61 Å². The summed E-state index contributed by atoms with van der Waals surface area (Å²) in [5.74, 6) is -0.359. The fourth-order valence-corrected chi connectivity index (χ4v) is 1.70. The molecule has 2 rings (SSSR count). The lowest BCUT2D eigenvalue weighted by molar-refractivity contribution is 0.0690. The molecule has 6 nitrogen and oxygen atoms in total. The summed E-state index contributed by atoms with van der Waals surface area (Å²) in [7, 11) is 1.40. The van der Waals surface area contributed by atoms with E-state index in [2.05, 4.69) is 5.16 Å².